The van der Waals surface area contributed by atoms with Gasteiger partial charge in [0, 0.05) is 13.3 Å². The van der Waals surface area contributed by atoms with Gasteiger partial charge in [-0.3, -0.25) is 0 Å². The highest BCUT2D eigenvalue weighted by molar-refractivity contribution is 5.88. The van der Waals surface area contributed by atoms with Gasteiger partial charge < -0.3 is 9.84 Å². The van der Waals surface area contributed by atoms with E-state index in [9.17, 15) is 4.79 Å². The van der Waals surface area contributed by atoms with Crippen LogP contribution < -0.4 is 0 Å². The zero-order valence-corrected chi connectivity index (χ0v) is 12.4. The lowest BCUT2D eigenvalue weighted by atomic mass is 9.88. The molecule has 0 aliphatic heterocycles. The molecule has 5 nitrogen and oxygen atoms in total. The number of ether oxygens (including phenoxy) is 1. The molecule has 1 heterocycles. The summed E-state index contributed by atoms with van der Waals surface area (Å²) in [5.74, 6) is -0.450. The molecule has 1 atom stereocenters. The molecule has 1 aromatic heterocycles. The van der Waals surface area contributed by atoms with Gasteiger partial charge in [-0.15, -0.1) is 0 Å². The normalized spacial score (nSPS) is 13.6. The number of nitrogens with zero attached hydrogens (tertiary/aromatic N) is 2. The third kappa shape index (κ3) is 3.50. The van der Waals surface area contributed by atoms with Crippen LogP contribution in [0.4, 0.5) is 0 Å². The van der Waals surface area contributed by atoms with Gasteiger partial charge in [-0.25, -0.2) is 14.8 Å². The Hall–Kier alpha value is -1.49. The quantitative estimate of drug-likeness (QED) is 0.906. The number of aromatic nitrogens is 2. The van der Waals surface area contributed by atoms with E-state index in [-0.39, 0.29) is 23.0 Å². The first kappa shape index (κ1) is 15.6. The fourth-order valence-electron chi connectivity index (χ4n) is 1.99. The summed E-state index contributed by atoms with van der Waals surface area (Å²) in [5.41, 5.74) is 0.541. The first-order valence-corrected chi connectivity index (χ1v) is 6.31. The van der Waals surface area contributed by atoms with Crippen molar-refractivity contribution in [1.29, 1.82) is 0 Å². The van der Waals surface area contributed by atoms with Crippen LogP contribution in [0.1, 0.15) is 68.5 Å². The fourth-order valence-corrected chi connectivity index (χ4v) is 1.99. The standard InChI is InChI=1S/C14H22N2O3/c1-8(2)10-9(13(17)18)7-15-12(16-10)11(19-6)14(3,4)5/h7-8,11H,1-6H3,(H,17,18). The Morgan fingerprint density at radius 1 is 1.37 bits per heavy atom. The van der Waals surface area contributed by atoms with Crippen molar-refractivity contribution in [3.05, 3.63) is 23.3 Å². The lowest BCUT2D eigenvalue weighted by molar-refractivity contribution is 0.00840. The van der Waals surface area contributed by atoms with Crippen molar-refractivity contribution in [2.75, 3.05) is 7.11 Å². The van der Waals surface area contributed by atoms with Gasteiger partial charge in [0.1, 0.15) is 6.10 Å². The van der Waals surface area contributed by atoms with Crippen LogP contribution in [0.25, 0.3) is 0 Å². The maximum Gasteiger partial charge on any atom is 0.339 e. The third-order valence-corrected chi connectivity index (χ3v) is 2.87. The van der Waals surface area contributed by atoms with Crippen molar-refractivity contribution in [2.45, 2.75) is 46.6 Å². The van der Waals surface area contributed by atoms with Gasteiger partial charge in [0.2, 0.25) is 0 Å². The maximum absolute atomic E-state index is 11.2. The van der Waals surface area contributed by atoms with Gasteiger partial charge in [-0.1, -0.05) is 34.6 Å². The van der Waals surface area contributed by atoms with Crippen LogP contribution in [0, 0.1) is 5.41 Å². The molecule has 0 aromatic carbocycles. The van der Waals surface area contributed by atoms with Gasteiger partial charge in [0.05, 0.1) is 11.3 Å². The molecule has 0 saturated carbocycles. The van der Waals surface area contributed by atoms with E-state index in [2.05, 4.69) is 9.97 Å². The molecule has 0 saturated heterocycles. The average molecular weight is 266 g/mol. The Morgan fingerprint density at radius 3 is 2.32 bits per heavy atom. The Labute approximate surface area is 114 Å². The van der Waals surface area contributed by atoms with Crippen molar-refractivity contribution in [1.82, 2.24) is 9.97 Å². The Bertz CT molecular complexity index is 464. The van der Waals surface area contributed by atoms with Crippen LogP contribution in [0.3, 0.4) is 0 Å². The summed E-state index contributed by atoms with van der Waals surface area (Å²) in [6, 6.07) is 0. The third-order valence-electron chi connectivity index (χ3n) is 2.87. The number of rotatable bonds is 4. The molecular formula is C14H22N2O3. The Balaban J connectivity index is 3.32. The molecular weight excluding hydrogens is 244 g/mol. The van der Waals surface area contributed by atoms with Crippen molar-refractivity contribution < 1.29 is 14.6 Å². The molecule has 0 amide bonds. The molecule has 0 radical (unpaired) electrons. The lowest BCUT2D eigenvalue weighted by Crippen LogP contribution is -2.23. The molecule has 19 heavy (non-hydrogen) atoms. The lowest BCUT2D eigenvalue weighted by Gasteiger charge is -2.28. The molecule has 5 heteroatoms. The van der Waals surface area contributed by atoms with Crippen LogP contribution >= 0.6 is 0 Å². The van der Waals surface area contributed by atoms with E-state index in [4.69, 9.17) is 9.84 Å². The second-order valence-electron chi connectivity index (χ2n) is 5.97. The highest BCUT2D eigenvalue weighted by Crippen LogP contribution is 2.34. The van der Waals surface area contributed by atoms with Gasteiger partial charge >= 0.3 is 5.97 Å². The maximum atomic E-state index is 11.2. The zero-order valence-electron chi connectivity index (χ0n) is 12.4. The minimum atomic E-state index is -1.00. The van der Waals surface area contributed by atoms with E-state index in [1.807, 2.05) is 34.6 Å². The Kier molecular flexibility index (Phi) is 4.63. The van der Waals surface area contributed by atoms with Crippen LogP contribution in [0.5, 0.6) is 0 Å². The molecule has 1 unspecified atom stereocenters. The molecule has 106 valence electrons. The van der Waals surface area contributed by atoms with Crippen molar-refractivity contribution >= 4 is 5.97 Å². The van der Waals surface area contributed by atoms with Crippen molar-refractivity contribution in [3.8, 4) is 0 Å². The van der Waals surface area contributed by atoms with Crippen LogP contribution in [-0.2, 0) is 4.74 Å². The Morgan fingerprint density at radius 2 is 1.95 bits per heavy atom. The summed E-state index contributed by atoms with van der Waals surface area (Å²) in [6.45, 7) is 9.93. The first-order chi connectivity index (χ1) is 8.68. The summed E-state index contributed by atoms with van der Waals surface area (Å²) in [4.78, 5) is 19.7. The molecule has 1 aromatic rings. The van der Waals surface area contributed by atoms with E-state index < -0.39 is 5.97 Å². The zero-order chi connectivity index (χ0) is 14.8. The van der Waals surface area contributed by atoms with E-state index in [0.29, 0.717) is 11.5 Å². The van der Waals surface area contributed by atoms with E-state index in [1.54, 1.807) is 7.11 Å². The van der Waals surface area contributed by atoms with Crippen molar-refractivity contribution in [3.63, 3.8) is 0 Å². The van der Waals surface area contributed by atoms with Gasteiger partial charge in [0.25, 0.3) is 0 Å². The monoisotopic (exact) mass is 266 g/mol. The summed E-state index contributed by atoms with van der Waals surface area (Å²) >= 11 is 0. The highest BCUT2D eigenvalue weighted by atomic mass is 16.5. The molecule has 1 N–H and O–H groups in total. The summed E-state index contributed by atoms with van der Waals surface area (Å²) < 4.78 is 5.46. The molecule has 1 rings (SSSR count). The van der Waals surface area contributed by atoms with Crippen molar-refractivity contribution in [2.24, 2.45) is 5.41 Å². The number of carboxylic acid groups (broad SMARTS) is 1. The predicted molar refractivity (Wildman–Crippen MR) is 72.3 cm³/mol. The minimum absolute atomic E-state index is 0.0188. The molecule has 0 spiro atoms. The van der Waals surface area contributed by atoms with Crippen LogP contribution in [0.2, 0.25) is 0 Å². The van der Waals surface area contributed by atoms with Crippen LogP contribution in [0.15, 0.2) is 6.20 Å². The smallest absolute Gasteiger partial charge is 0.339 e. The van der Waals surface area contributed by atoms with Crippen LogP contribution in [-0.4, -0.2) is 28.2 Å². The number of carbonyl (C=O) groups is 1. The first-order valence-electron chi connectivity index (χ1n) is 6.31. The SMILES string of the molecule is COC(c1ncc(C(=O)O)c(C(C)C)n1)C(C)(C)C. The largest absolute Gasteiger partial charge is 0.478 e. The summed E-state index contributed by atoms with van der Waals surface area (Å²) in [6.07, 6.45) is 1.10. The predicted octanol–water partition coefficient (Wildman–Crippen LogP) is 3.03. The van der Waals surface area contributed by atoms with Gasteiger partial charge in [0.15, 0.2) is 5.82 Å². The van der Waals surface area contributed by atoms with E-state index in [1.165, 1.54) is 6.20 Å². The summed E-state index contributed by atoms with van der Waals surface area (Å²) in [5, 5.41) is 9.15. The second kappa shape index (κ2) is 5.65. The highest BCUT2D eigenvalue weighted by Gasteiger charge is 2.30. The number of hydrogen-bond acceptors (Lipinski definition) is 4. The number of aromatic carboxylic acids is 1. The second-order valence-corrected chi connectivity index (χ2v) is 5.97. The number of carboxylic acids is 1. The number of hydrogen-bond donors (Lipinski definition) is 1. The number of methoxy groups -OCH3 is 1. The minimum Gasteiger partial charge on any atom is -0.478 e. The fraction of sp³-hybridized carbons (Fsp3) is 0.643. The van der Waals surface area contributed by atoms with Gasteiger partial charge in [-0.2, -0.15) is 0 Å². The van der Waals surface area contributed by atoms with E-state index >= 15 is 0 Å². The molecule has 0 aliphatic carbocycles. The summed E-state index contributed by atoms with van der Waals surface area (Å²) in [7, 11) is 1.61. The molecule has 0 bridgehead atoms. The van der Waals surface area contributed by atoms with Gasteiger partial charge in [-0.05, 0) is 11.3 Å². The molecule has 0 fully saturated rings. The topological polar surface area (TPSA) is 72.3 Å². The average Bonchev–Trinajstić information content (AvgIpc) is 2.27. The van der Waals surface area contributed by atoms with E-state index in [0.717, 1.165) is 0 Å². The molecule has 0 aliphatic rings.